The molecule has 10 rings (SSSR count). The first-order valence-electron chi connectivity index (χ1n) is 19.6. The maximum absolute atomic E-state index is 15.4. The maximum Gasteiger partial charge on any atom is 0.245 e. The van der Waals surface area contributed by atoms with Crippen molar-refractivity contribution in [1.29, 1.82) is 0 Å². The third-order valence-electron chi connectivity index (χ3n) is 12.2. The van der Waals surface area contributed by atoms with E-state index < -0.39 is 29.6 Å². The molecular formula is C41H41F3N12O3. The number of amides is 2. The molecule has 2 aromatic carbocycles. The minimum Gasteiger partial charge on any atom is -0.378 e. The van der Waals surface area contributed by atoms with Crippen LogP contribution in [-0.2, 0) is 20.9 Å². The number of imidazole rings is 1. The average molecular weight is 807 g/mol. The summed E-state index contributed by atoms with van der Waals surface area (Å²) in [6.45, 7) is 3.19. The Balaban J connectivity index is 1.11. The summed E-state index contributed by atoms with van der Waals surface area (Å²) in [4.78, 5) is 54.8. The number of ether oxygens (including phenoxy) is 1. The van der Waals surface area contributed by atoms with Crippen molar-refractivity contribution < 1.29 is 27.5 Å². The number of fused-ring (bicyclic) bond motifs is 8. The van der Waals surface area contributed by atoms with E-state index in [4.69, 9.17) is 19.7 Å². The first-order valence-corrected chi connectivity index (χ1v) is 19.6. The van der Waals surface area contributed by atoms with Gasteiger partial charge in [-0.1, -0.05) is 6.07 Å². The molecule has 2 amide bonds. The number of aromatic nitrogens is 7. The highest BCUT2D eigenvalue weighted by Crippen LogP contribution is 2.40. The second kappa shape index (κ2) is 13.9. The van der Waals surface area contributed by atoms with Gasteiger partial charge in [0.25, 0.3) is 0 Å². The van der Waals surface area contributed by atoms with Gasteiger partial charge in [-0.25, -0.2) is 27.8 Å². The molecule has 3 saturated heterocycles. The van der Waals surface area contributed by atoms with E-state index in [1.54, 1.807) is 31.0 Å². The molecule has 4 aliphatic heterocycles. The highest BCUT2D eigenvalue weighted by atomic mass is 19.1. The number of pyridine rings is 1. The topological polar surface area (TPSA) is 143 Å². The van der Waals surface area contributed by atoms with E-state index >= 15 is 8.78 Å². The monoisotopic (exact) mass is 806 g/mol. The number of benzene rings is 2. The van der Waals surface area contributed by atoms with Crippen molar-refractivity contribution in [3.05, 3.63) is 78.0 Å². The number of aryl methyl sites for hydroxylation is 1. The average Bonchev–Trinajstić information content (AvgIpc) is 3.85. The second-order valence-corrected chi connectivity index (χ2v) is 16.0. The minimum absolute atomic E-state index is 0.00822. The van der Waals surface area contributed by atoms with Gasteiger partial charge >= 0.3 is 0 Å². The number of hydrogen-bond donors (Lipinski definition) is 1. The van der Waals surface area contributed by atoms with Gasteiger partial charge in [0.15, 0.2) is 11.5 Å². The quantitative estimate of drug-likeness (QED) is 0.273. The highest BCUT2D eigenvalue weighted by Gasteiger charge is 2.47. The Hall–Kier alpha value is -6.30. The third kappa shape index (κ3) is 6.18. The molecule has 5 atom stereocenters. The summed E-state index contributed by atoms with van der Waals surface area (Å²) in [6.07, 6.45) is 2.48. The fourth-order valence-electron chi connectivity index (χ4n) is 9.31. The van der Waals surface area contributed by atoms with Gasteiger partial charge in [0.1, 0.15) is 40.8 Å². The third-order valence-corrected chi connectivity index (χ3v) is 12.2. The molecule has 0 radical (unpaired) electrons. The molecule has 4 aliphatic rings. The van der Waals surface area contributed by atoms with E-state index in [1.165, 1.54) is 29.1 Å². The van der Waals surface area contributed by atoms with Crippen molar-refractivity contribution in [2.45, 2.75) is 63.0 Å². The molecule has 0 aliphatic carbocycles. The predicted octanol–water partition coefficient (Wildman–Crippen LogP) is 4.31. The van der Waals surface area contributed by atoms with Crippen molar-refractivity contribution in [3.63, 3.8) is 0 Å². The molecule has 6 bridgehead atoms. The lowest BCUT2D eigenvalue weighted by atomic mass is 9.92. The maximum atomic E-state index is 15.4. The van der Waals surface area contributed by atoms with Crippen molar-refractivity contribution in [2.75, 3.05) is 56.0 Å². The van der Waals surface area contributed by atoms with Gasteiger partial charge < -0.3 is 34.2 Å². The Morgan fingerprint density at radius 1 is 0.864 bits per heavy atom. The number of methoxy groups -OCH3 is 1. The molecule has 6 aromatic rings. The summed E-state index contributed by atoms with van der Waals surface area (Å²) in [5.74, 6) is -0.229. The van der Waals surface area contributed by atoms with Gasteiger partial charge in [0.2, 0.25) is 17.8 Å². The number of anilines is 3. The zero-order valence-corrected chi connectivity index (χ0v) is 32.8. The van der Waals surface area contributed by atoms with E-state index in [2.05, 4.69) is 15.4 Å². The molecule has 0 saturated carbocycles. The molecular weight excluding hydrogens is 766 g/mol. The van der Waals surface area contributed by atoms with Gasteiger partial charge in [-0.2, -0.15) is 15.1 Å². The highest BCUT2D eigenvalue weighted by molar-refractivity contribution is 5.94. The second-order valence-electron chi connectivity index (χ2n) is 16.0. The van der Waals surface area contributed by atoms with E-state index in [0.29, 0.717) is 71.6 Å². The number of hydrogen-bond acceptors (Lipinski definition) is 11. The van der Waals surface area contributed by atoms with E-state index in [9.17, 15) is 14.0 Å². The van der Waals surface area contributed by atoms with Gasteiger partial charge in [-0.15, -0.1) is 0 Å². The number of carbonyl (C=O) groups is 2. The Bertz CT molecular complexity index is 2690. The number of nitrogens with one attached hydrogen (secondary N) is 1. The molecule has 4 aromatic heterocycles. The van der Waals surface area contributed by atoms with Crippen LogP contribution in [-0.4, -0.2) is 127 Å². The fourth-order valence-corrected chi connectivity index (χ4v) is 9.31. The van der Waals surface area contributed by atoms with Crippen LogP contribution >= 0.6 is 0 Å². The van der Waals surface area contributed by atoms with Crippen LogP contribution in [0.15, 0.2) is 54.7 Å². The summed E-state index contributed by atoms with van der Waals surface area (Å²) < 4.78 is 53.9. The Labute approximate surface area is 336 Å². The van der Waals surface area contributed by atoms with Gasteiger partial charge in [-0.05, 0) is 50.1 Å². The smallest absolute Gasteiger partial charge is 0.245 e. The molecule has 8 heterocycles. The minimum atomic E-state index is -0.825. The van der Waals surface area contributed by atoms with Gasteiger partial charge in [0, 0.05) is 77.0 Å². The first kappa shape index (κ1) is 37.0. The molecule has 0 unspecified atom stereocenters. The van der Waals surface area contributed by atoms with Crippen molar-refractivity contribution in [1.82, 2.24) is 44.1 Å². The fraction of sp³-hybridized carbons (Fsp3) is 0.390. The van der Waals surface area contributed by atoms with Crippen molar-refractivity contribution in [3.8, 4) is 16.9 Å². The SMILES string of the molecule is CO[C@H]1CN(C)C(=O)[C@@H]2C[C@@H](CN2c2nc(N3[C@@H]4CC(=O)N(C)C[C@H]3C4)nc3c2cnn3-c2ccc(F)cc2F)Nc2cccc(n2)-c2cc(F)cc3nc(C)n(c23)C1. The Kier molecular flexibility index (Phi) is 8.73. The molecule has 18 heteroatoms. The number of likely N-dealkylation sites (tertiary alicyclic amines) is 1. The number of nitrogens with zero attached hydrogens (tertiary/aromatic N) is 11. The number of carbonyl (C=O) groups excluding carboxylic acids is 2. The lowest BCUT2D eigenvalue weighted by Crippen LogP contribution is -2.58. The Morgan fingerprint density at radius 2 is 1.71 bits per heavy atom. The zero-order chi connectivity index (χ0) is 40.9. The normalized spacial score (nSPS) is 23.3. The van der Waals surface area contributed by atoms with Crippen LogP contribution in [0.3, 0.4) is 0 Å². The van der Waals surface area contributed by atoms with Crippen LogP contribution in [0.5, 0.6) is 0 Å². The van der Waals surface area contributed by atoms with Crippen LogP contribution in [0.4, 0.5) is 30.8 Å². The summed E-state index contributed by atoms with van der Waals surface area (Å²) in [5.41, 5.74) is 2.59. The van der Waals surface area contributed by atoms with Gasteiger partial charge in [0.05, 0.1) is 47.0 Å². The largest absolute Gasteiger partial charge is 0.378 e. The molecule has 3 fully saturated rings. The summed E-state index contributed by atoms with van der Waals surface area (Å²) in [6, 6.07) is 10.4. The van der Waals surface area contributed by atoms with E-state index in [0.717, 1.165) is 24.1 Å². The molecule has 15 nitrogen and oxygen atoms in total. The predicted molar refractivity (Wildman–Crippen MR) is 213 cm³/mol. The summed E-state index contributed by atoms with van der Waals surface area (Å²) in [5, 5.41) is 8.54. The number of rotatable bonds is 4. The van der Waals surface area contributed by atoms with Gasteiger partial charge in [-0.3, -0.25) is 9.59 Å². The van der Waals surface area contributed by atoms with Crippen LogP contribution in [0.1, 0.15) is 25.1 Å². The zero-order valence-electron chi connectivity index (χ0n) is 32.8. The van der Waals surface area contributed by atoms with Crippen LogP contribution in [0.25, 0.3) is 39.0 Å². The lowest BCUT2D eigenvalue weighted by Gasteiger charge is -2.46. The Morgan fingerprint density at radius 3 is 2.53 bits per heavy atom. The molecule has 1 N–H and O–H groups in total. The standard InChI is InChI=1S/C41H41F3N12O3/c1-21-46-32-12-23(43)10-28-31-6-5-7-35(48-31)47-24-13-34(40(58)52(3)19-27(59-4)20-53(21)37(28)32)54(17-24)38-29-16-45-56(33-9-8-22(42)11-30(33)44)39(29)50-41(49-38)55-25-14-26(55)18-51(2)36(57)15-25/h5-12,16,24-27,34H,13-15,17-20H2,1-4H3,(H,47,48)/t24-,25-,26+,27-,34-/m0/s1. The summed E-state index contributed by atoms with van der Waals surface area (Å²) >= 11 is 0. The van der Waals surface area contributed by atoms with Crippen LogP contribution in [0.2, 0.25) is 0 Å². The van der Waals surface area contributed by atoms with Crippen molar-refractivity contribution in [2.24, 2.45) is 0 Å². The molecule has 0 spiro atoms. The van der Waals surface area contributed by atoms with Crippen molar-refractivity contribution >= 4 is 51.5 Å². The van der Waals surface area contributed by atoms with E-state index in [1.807, 2.05) is 39.5 Å². The lowest BCUT2D eigenvalue weighted by molar-refractivity contribution is -0.133. The van der Waals surface area contributed by atoms with Crippen LogP contribution < -0.4 is 15.1 Å². The van der Waals surface area contributed by atoms with E-state index in [-0.39, 0.29) is 54.2 Å². The molecule has 304 valence electrons. The van der Waals surface area contributed by atoms with Crippen LogP contribution in [0, 0.1) is 24.4 Å². The number of halogens is 3. The molecule has 59 heavy (non-hydrogen) atoms. The number of likely N-dealkylation sites (N-methyl/N-ethyl adjacent to an activating group) is 2. The first-order chi connectivity index (χ1) is 28.4. The summed E-state index contributed by atoms with van der Waals surface area (Å²) in [7, 11) is 5.12.